The molecule has 1 aromatic carbocycles. The van der Waals surface area contributed by atoms with Crippen LogP contribution in [0.2, 0.25) is 0 Å². The minimum atomic E-state index is -0.625. The number of hydrogen-bond acceptors (Lipinski definition) is 6. The van der Waals surface area contributed by atoms with E-state index in [2.05, 4.69) is 30.9 Å². The molecule has 1 N–H and O–H groups in total. The van der Waals surface area contributed by atoms with Crippen LogP contribution in [-0.4, -0.2) is 67.4 Å². The first kappa shape index (κ1) is 26.2. The van der Waals surface area contributed by atoms with Crippen LogP contribution in [0.15, 0.2) is 34.9 Å². The number of carbonyl (C=O) groups is 2. The molecule has 2 saturated heterocycles. The van der Waals surface area contributed by atoms with Gasteiger partial charge in [-0.2, -0.15) is 0 Å². The van der Waals surface area contributed by atoms with Gasteiger partial charge >= 0.3 is 19.1 Å². The van der Waals surface area contributed by atoms with Crippen molar-refractivity contribution in [2.24, 2.45) is 17.3 Å². The van der Waals surface area contributed by atoms with Crippen LogP contribution in [0, 0.1) is 23.8 Å². The smallest absolute Gasteiger partial charge is 0.464 e. The average Bonchev–Trinajstić information content (AvgIpc) is 3.63. The fraction of sp³-hybridized carbons (Fsp3) is 0.621. The number of benzene rings is 1. The van der Waals surface area contributed by atoms with Gasteiger partial charge in [-0.15, -0.1) is 0 Å². The maximum Gasteiger partial charge on any atom is 0.482 e. The van der Waals surface area contributed by atoms with Crippen molar-refractivity contribution in [2.75, 3.05) is 19.7 Å². The number of para-hydroxylation sites is 1. The second-order valence-electron chi connectivity index (χ2n) is 12.3. The third-order valence-corrected chi connectivity index (χ3v) is 9.92. The van der Waals surface area contributed by atoms with E-state index in [4.69, 9.17) is 25.0 Å². The van der Waals surface area contributed by atoms with Crippen molar-refractivity contribution in [1.82, 2.24) is 10.2 Å². The number of rotatable bonds is 7. The van der Waals surface area contributed by atoms with Crippen molar-refractivity contribution < 1.29 is 28.1 Å². The number of hydrogen-bond donors (Lipinski definition) is 1. The predicted octanol–water partition coefficient (Wildman–Crippen LogP) is 4.25. The number of ether oxygens (including phenoxy) is 1. The number of carbonyl (C=O) groups excluding carboxylic acids is 2. The quantitative estimate of drug-likeness (QED) is 0.423. The average molecular weight is 533 g/mol. The van der Waals surface area contributed by atoms with Gasteiger partial charge in [0.2, 0.25) is 0 Å². The topological polar surface area (TPSA) is 94.6 Å². The van der Waals surface area contributed by atoms with Crippen LogP contribution in [0.25, 0.3) is 15.8 Å². The number of furan rings is 1. The molecule has 5 aliphatic rings. The summed E-state index contributed by atoms with van der Waals surface area (Å²) in [5, 5.41) is 4.01. The summed E-state index contributed by atoms with van der Waals surface area (Å²) < 4.78 is 24.6. The lowest BCUT2D eigenvalue weighted by Crippen LogP contribution is -2.65. The maximum absolute atomic E-state index is 13.1. The van der Waals surface area contributed by atoms with Crippen molar-refractivity contribution >= 4 is 30.1 Å². The van der Waals surface area contributed by atoms with Gasteiger partial charge in [0.15, 0.2) is 0 Å². The molecule has 2 aliphatic heterocycles. The summed E-state index contributed by atoms with van der Waals surface area (Å²) in [5.41, 5.74) is 1.55. The Morgan fingerprint density at radius 2 is 2.10 bits per heavy atom. The Labute approximate surface area is 229 Å². The molecule has 9 nitrogen and oxygen atoms in total. The van der Waals surface area contributed by atoms with Crippen LogP contribution in [-0.2, 0) is 25.3 Å². The Morgan fingerprint density at radius 3 is 2.90 bits per heavy atom. The first-order valence-corrected chi connectivity index (χ1v) is 14.0. The summed E-state index contributed by atoms with van der Waals surface area (Å²) in [6.45, 7) is 14.3. The van der Waals surface area contributed by atoms with Gasteiger partial charge < -0.3 is 33.5 Å². The van der Waals surface area contributed by atoms with E-state index in [1.165, 1.54) is 0 Å². The van der Waals surface area contributed by atoms with Crippen molar-refractivity contribution in [1.29, 1.82) is 0 Å². The molecule has 0 spiro atoms. The first-order chi connectivity index (χ1) is 18.7. The lowest BCUT2D eigenvalue weighted by Gasteiger charge is -2.64. The molecule has 10 heteroatoms. The summed E-state index contributed by atoms with van der Waals surface area (Å²) >= 11 is 0. The number of likely N-dealkylation sites (tertiary alicyclic amines) is 1. The number of alkyl carbamates (subject to hydrolysis) is 1. The molecule has 5 fully saturated rings. The van der Waals surface area contributed by atoms with E-state index >= 15 is 0 Å². The van der Waals surface area contributed by atoms with E-state index in [0.717, 1.165) is 42.2 Å². The number of nitrogens with zero attached hydrogens (tertiary/aromatic N) is 2. The zero-order valence-corrected chi connectivity index (χ0v) is 22.9. The lowest BCUT2D eigenvalue weighted by molar-refractivity contribution is -0.199. The molecular formula is C29H36BN3O6. The van der Waals surface area contributed by atoms with Gasteiger partial charge in [0, 0.05) is 11.9 Å². The number of amides is 2. The monoisotopic (exact) mass is 533 g/mol. The van der Waals surface area contributed by atoms with E-state index in [1.807, 2.05) is 24.3 Å². The van der Waals surface area contributed by atoms with Crippen LogP contribution < -0.4 is 5.32 Å². The molecule has 0 unspecified atom stereocenters. The van der Waals surface area contributed by atoms with Crippen LogP contribution in [0.1, 0.15) is 52.0 Å². The standard InChI is InChI=1S/C29H36BN3O6/c1-28(2)19-13-23(28)29(3)24(14-19)38-30(39-29)25(12-18-16-36-22-10-6-5-9-21(18)22)32-27(35)37-17-20-8-7-11-33(20)26(34)15-31-4/h5-6,9-10,16,19-20,23-25H,7-8,11-15,17H2,1-3H3,(H,32,35)/t19-,20+,23-,24+,25-,29-/m0/s1. The van der Waals surface area contributed by atoms with Gasteiger partial charge in [-0.1, -0.05) is 32.0 Å². The Balaban J connectivity index is 1.17. The maximum atomic E-state index is 13.1. The van der Waals surface area contributed by atoms with Crippen LogP contribution in [0.4, 0.5) is 4.79 Å². The minimum Gasteiger partial charge on any atom is -0.464 e. The predicted molar refractivity (Wildman–Crippen MR) is 145 cm³/mol. The Hall–Kier alpha value is -3.03. The molecule has 0 radical (unpaired) electrons. The summed E-state index contributed by atoms with van der Waals surface area (Å²) in [4.78, 5) is 30.3. The molecule has 2 aromatic rings. The summed E-state index contributed by atoms with van der Waals surface area (Å²) in [7, 11) is -0.625. The number of fused-ring (bicyclic) bond motifs is 1. The SMILES string of the molecule is [C-]#[N+]CC(=O)N1CCC[C@@H]1COC(=O)N[C@@H](Cc1coc2ccccc12)B1O[C@@H]2C[C@@H]3C[C@@H](C3(C)C)[C@]2(C)O1. The Bertz CT molecular complexity index is 1310. The molecule has 2 bridgehead atoms. The van der Waals surface area contributed by atoms with E-state index in [9.17, 15) is 9.59 Å². The molecule has 3 heterocycles. The molecule has 3 saturated carbocycles. The summed E-state index contributed by atoms with van der Waals surface area (Å²) in [6.07, 6.45) is 5.27. The van der Waals surface area contributed by atoms with Gasteiger partial charge in [0.25, 0.3) is 6.54 Å². The fourth-order valence-electron chi connectivity index (χ4n) is 7.57. The second kappa shape index (κ2) is 9.86. The molecule has 2 amide bonds. The van der Waals surface area contributed by atoms with Crippen LogP contribution in [0.5, 0.6) is 0 Å². The second-order valence-corrected chi connectivity index (χ2v) is 12.3. The molecule has 39 heavy (non-hydrogen) atoms. The van der Waals surface area contributed by atoms with Gasteiger partial charge in [0.05, 0.1) is 30.0 Å². The molecule has 7 rings (SSSR count). The van der Waals surface area contributed by atoms with Gasteiger partial charge in [-0.3, -0.25) is 4.79 Å². The van der Waals surface area contributed by atoms with Crippen molar-refractivity contribution in [3.05, 3.63) is 47.5 Å². The molecule has 206 valence electrons. The summed E-state index contributed by atoms with van der Waals surface area (Å²) in [6, 6.07) is 7.61. The van der Waals surface area contributed by atoms with Crippen molar-refractivity contribution in [2.45, 2.75) is 76.6 Å². The van der Waals surface area contributed by atoms with E-state index in [1.54, 1.807) is 11.2 Å². The minimum absolute atomic E-state index is 0.0128. The van der Waals surface area contributed by atoms with E-state index < -0.39 is 24.8 Å². The van der Waals surface area contributed by atoms with Crippen LogP contribution in [0.3, 0.4) is 0 Å². The zero-order valence-electron chi connectivity index (χ0n) is 22.9. The van der Waals surface area contributed by atoms with E-state index in [-0.39, 0.29) is 36.6 Å². The lowest BCUT2D eigenvalue weighted by atomic mass is 9.43. The number of nitrogens with one attached hydrogen (secondary N) is 1. The largest absolute Gasteiger partial charge is 0.482 e. The highest BCUT2D eigenvalue weighted by molar-refractivity contribution is 6.48. The summed E-state index contributed by atoms with van der Waals surface area (Å²) in [5.74, 6) is 0.315. The Kier molecular flexibility index (Phi) is 6.63. The van der Waals surface area contributed by atoms with Crippen molar-refractivity contribution in [3.63, 3.8) is 0 Å². The Morgan fingerprint density at radius 1 is 1.28 bits per heavy atom. The highest BCUT2D eigenvalue weighted by Gasteiger charge is 2.68. The fourth-order valence-corrected chi connectivity index (χ4v) is 7.57. The highest BCUT2D eigenvalue weighted by atomic mass is 16.7. The van der Waals surface area contributed by atoms with E-state index in [0.29, 0.717) is 24.8 Å². The first-order valence-electron chi connectivity index (χ1n) is 14.0. The van der Waals surface area contributed by atoms with Crippen LogP contribution >= 0.6 is 0 Å². The van der Waals surface area contributed by atoms with Gasteiger partial charge in [-0.05, 0) is 67.9 Å². The highest BCUT2D eigenvalue weighted by Crippen LogP contribution is 2.65. The molecule has 1 aromatic heterocycles. The van der Waals surface area contributed by atoms with Crippen molar-refractivity contribution in [3.8, 4) is 0 Å². The van der Waals surface area contributed by atoms with Gasteiger partial charge in [0.1, 0.15) is 12.2 Å². The molecule has 6 atom stereocenters. The zero-order chi connectivity index (χ0) is 27.4. The third-order valence-electron chi connectivity index (χ3n) is 9.92. The molecule has 3 aliphatic carbocycles. The van der Waals surface area contributed by atoms with Gasteiger partial charge in [-0.25, -0.2) is 11.4 Å². The molecular weight excluding hydrogens is 497 g/mol. The normalized spacial score (nSPS) is 31.3. The third kappa shape index (κ3) is 4.50.